The maximum absolute atomic E-state index is 6.22. The highest BCUT2D eigenvalue weighted by Gasteiger charge is 2.15. The first-order valence-electron chi connectivity index (χ1n) is 7.24. The van der Waals surface area contributed by atoms with Gasteiger partial charge < -0.3 is 15.0 Å². The number of methoxy groups -OCH3 is 1. The van der Waals surface area contributed by atoms with Crippen LogP contribution in [0.15, 0.2) is 12.3 Å². The Morgan fingerprint density at radius 2 is 2.20 bits per heavy atom. The van der Waals surface area contributed by atoms with Crippen LogP contribution in [0.5, 0.6) is 0 Å². The Kier molecular flexibility index (Phi) is 7.88. The summed E-state index contributed by atoms with van der Waals surface area (Å²) in [7, 11) is 1.72. The van der Waals surface area contributed by atoms with E-state index in [4.69, 9.17) is 16.3 Å². The third-order valence-corrected chi connectivity index (χ3v) is 3.58. The van der Waals surface area contributed by atoms with Crippen molar-refractivity contribution in [3.63, 3.8) is 0 Å². The highest BCUT2D eigenvalue weighted by Crippen LogP contribution is 2.22. The van der Waals surface area contributed by atoms with Crippen LogP contribution in [0.4, 0.5) is 5.82 Å². The minimum absolute atomic E-state index is 0.287. The van der Waals surface area contributed by atoms with Gasteiger partial charge in [0, 0.05) is 26.4 Å². The van der Waals surface area contributed by atoms with E-state index in [0.29, 0.717) is 11.6 Å². The summed E-state index contributed by atoms with van der Waals surface area (Å²) in [6.07, 6.45) is 2.85. The molecule has 0 bridgehead atoms. The molecule has 5 heteroatoms. The molecule has 20 heavy (non-hydrogen) atoms. The SMILES string of the molecule is CCCNCc1cc(N(CC)C(C)COC)ncc1Cl. The lowest BCUT2D eigenvalue weighted by molar-refractivity contribution is 0.181. The van der Waals surface area contributed by atoms with Crippen molar-refractivity contribution in [3.8, 4) is 0 Å². The van der Waals surface area contributed by atoms with Crippen LogP contribution in [-0.2, 0) is 11.3 Å². The molecule has 1 heterocycles. The number of pyridine rings is 1. The lowest BCUT2D eigenvalue weighted by Gasteiger charge is -2.29. The zero-order valence-electron chi connectivity index (χ0n) is 12.9. The first kappa shape index (κ1) is 17.2. The normalized spacial score (nSPS) is 12.4. The number of anilines is 1. The van der Waals surface area contributed by atoms with E-state index in [2.05, 4.69) is 42.0 Å². The number of hydrogen-bond donors (Lipinski definition) is 1. The standard InChI is InChI=1S/C15H26ClN3O/c1-5-7-17-9-13-8-15(18-10-14(13)16)19(6-2)12(3)11-20-4/h8,10,12,17H,5-7,9,11H2,1-4H3. The van der Waals surface area contributed by atoms with Crippen molar-refractivity contribution in [2.24, 2.45) is 0 Å². The first-order chi connectivity index (χ1) is 9.63. The molecule has 0 saturated carbocycles. The van der Waals surface area contributed by atoms with Gasteiger partial charge >= 0.3 is 0 Å². The van der Waals surface area contributed by atoms with Gasteiger partial charge in [0.1, 0.15) is 5.82 Å². The highest BCUT2D eigenvalue weighted by atomic mass is 35.5. The van der Waals surface area contributed by atoms with Crippen molar-refractivity contribution in [3.05, 3.63) is 22.8 Å². The van der Waals surface area contributed by atoms with Gasteiger partial charge in [0.15, 0.2) is 0 Å². The average molecular weight is 300 g/mol. The number of nitrogens with zero attached hydrogens (tertiary/aromatic N) is 2. The Labute approximate surface area is 127 Å². The topological polar surface area (TPSA) is 37.4 Å². The van der Waals surface area contributed by atoms with Crippen LogP contribution < -0.4 is 10.2 Å². The van der Waals surface area contributed by atoms with Crippen molar-refractivity contribution in [1.82, 2.24) is 10.3 Å². The maximum atomic E-state index is 6.22. The molecule has 0 aliphatic heterocycles. The summed E-state index contributed by atoms with van der Waals surface area (Å²) >= 11 is 6.22. The van der Waals surface area contributed by atoms with Crippen LogP contribution in [0, 0.1) is 0 Å². The number of nitrogens with one attached hydrogen (secondary N) is 1. The van der Waals surface area contributed by atoms with E-state index in [1.165, 1.54) is 0 Å². The summed E-state index contributed by atoms with van der Waals surface area (Å²) in [5, 5.41) is 4.09. The number of ether oxygens (including phenoxy) is 1. The largest absolute Gasteiger partial charge is 0.383 e. The number of aromatic nitrogens is 1. The fourth-order valence-corrected chi connectivity index (χ4v) is 2.36. The number of likely N-dealkylation sites (N-methyl/N-ethyl adjacent to an activating group) is 1. The van der Waals surface area contributed by atoms with Gasteiger partial charge in [-0.2, -0.15) is 0 Å². The summed E-state index contributed by atoms with van der Waals surface area (Å²) < 4.78 is 5.23. The second kappa shape index (κ2) is 9.16. The molecule has 1 rings (SSSR count). The molecule has 0 fully saturated rings. The molecule has 1 unspecified atom stereocenters. The van der Waals surface area contributed by atoms with Gasteiger partial charge in [0.2, 0.25) is 0 Å². The molecule has 0 aliphatic rings. The molecule has 0 amide bonds. The molecule has 0 aliphatic carbocycles. The predicted molar refractivity (Wildman–Crippen MR) is 85.6 cm³/mol. The van der Waals surface area contributed by atoms with Gasteiger partial charge in [-0.05, 0) is 38.4 Å². The minimum Gasteiger partial charge on any atom is -0.383 e. The minimum atomic E-state index is 0.287. The third-order valence-electron chi connectivity index (χ3n) is 3.24. The second-order valence-corrected chi connectivity index (χ2v) is 5.31. The van der Waals surface area contributed by atoms with Crippen LogP contribution in [0.1, 0.15) is 32.8 Å². The molecule has 114 valence electrons. The Morgan fingerprint density at radius 3 is 2.80 bits per heavy atom. The summed E-state index contributed by atoms with van der Waals surface area (Å²) in [4.78, 5) is 6.68. The van der Waals surface area contributed by atoms with Crippen LogP contribution in [0.2, 0.25) is 5.02 Å². The second-order valence-electron chi connectivity index (χ2n) is 4.90. The lowest BCUT2D eigenvalue weighted by Crippen LogP contribution is -2.36. The van der Waals surface area contributed by atoms with Gasteiger partial charge in [-0.3, -0.25) is 0 Å². The Hall–Kier alpha value is -0.840. The third kappa shape index (κ3) is 4.93. The molecule has 1 aromatic heterocycles. The number of rotatable bonds is 9. The van der Waals surface area contributed by atoms with Gasteiger partial charge in [-0.25, -0.2) is 4.98 Å². The Balaban J connectivity index is 2.85. The van der Waals surface area contributed by atoms with E-state index in [1.807, 2.05) is 0 Å². The monoisotopic (exact) mass is 299 g/mol. The Bertz CT molecular complexity index is 401. The van der Waals surface area contributed by atoms with E-state index >= 15 is 0 Å². The van der Waals surface area contributed by atoms with Crippen molar-refractivity contribution < 1.29 is 4.74 Å². The van der Waals surface area contributed by atoms with E-state index in [1.54, 1.807) is 13.3 Å². The summed E-state index contributed by atoms with van der Waals surface area (Å²) in [5.41, 5.74) is 1.09. The zero-order chi connectivity index (χ0) is 15.0. The van der Waals surface area contributed by atoms with Crippen LogP contribution in [0.25, 0.3) is 0 Å². The first-order valence-corrected chi connectivity index (χ1v) is 7.62. The molecule has 0 radical (unpaired) electrons. The van der Waals surface area contributed by atoms with Crippen molar-refractivity contribution in [2.45, 2.75) is 39.8 Å². The quantitative estimate of drug-likeness (QED) is 0.711. The number of hydrogen-bond acceptors (Lipinski definition) is 4. The van der Waals surface area contributed by atoms with Crippen molar-refractivity contribution in [2.75, 3.05) is 31.7 Å². The molecule has 4 nitrogen and oxygen atoms in total. The summed E-state index contributed by atoms with van der Waals surface area (Å²) in [6.45, 7) is 9.75. The van der Waals surface area contributed by atoms with Crippen molar-refractivity contribution in [1.29, 1.82) is 0 Å². The van der Waals surface area contributed by atoms with Crippen molar-refractivity contribution >= 4 is 17.4 Å². The highest BCUT2D eigenvalue weighted by molar-refractivity contribution is 6.31. The zero-order valence-corrected chi connectivity index (χ0v) is 13.7. The van der Waals surface area contributed by atoms with E-state index in [9.17, 15) is 0 Å². The summed E-state index contributed by atoms with van der Waals surface area (Å²) in [5.74, 6) is 0.953. The van der Waals surface area contributed by atoms with Gasteiger partial charge in [-0.1, -0.05) is 18.5 Å². The molecular weight excluding hydrogens is 274 g/mol. The molecule has 0 saturated heterocycles. The predicted octanol–water partition coefficient (Wildman–Crippen LogP) is 3.10. The van der Waals surface area contributed by atoms with E-state index in [-0.39, 0.29) is 6.04 Å². The average Bonchev–Trinajstić information content (AvgIpc) is 2.43. The molecule has 0 aromatic carbocycles. The number of halogens is 1. The van der Waals surface area contributed by atoms with Gasteiger partial charge in [0.05, 0.1) is 17.7 Å². The molecule has 1 N–H and O–H groups in total. The maximum Gasteiger partial charge on any atom is 0.129 e. The van der Waals surface area contributed by atoms with Crippen LogP contribution in [0.3, 0.4) is 0 Å². The molecule has 1 aromatic rings. The molecular formula is C15H26ClN3O. The fraction of sp³-hybridized carbons (Fsp3) is 0.667. The molecule has 0 spiro atoms. The summed E-state index contributed by atoms with van der Waals surface area (Å²) in [6, 6.07) is 2.36. The molecule has 1 atom stereocenters. The smallest absolute Gasteiger partial charge is 0.129 e. The van der Waals surface area contributed by atoms with Gasteiger partial charge in [0.25, 0.3) is 0 Å². The lowest BCUT2D eigenvalue weighted by atomic mass is 10.2. The van der Waals surface area contributed by atoms with Gasteiger partial charge in [-0.15, -0.1) is 0 Å². The fourth-order valence-electron chi connectivity index (χ4n) is 2.19. The van der Waals surface area contributed by atoms with Crippen LogP contribution in [-0.4, -0.2) is 37.8 Å². The van der Waals surface area contributed by atoms with E-state index in [0.717, 1.165) is 37.4 Å². The Morgan fingerprint density at radius 1 is 1.45 bits per heavy atom. The van der Waals surface area contributed by atoms with Crippen LogP contribution >= 0.6 is 11.6 Å². The van der Waals surface area contributed by atoms with E-state index < -0.39 is 0 Å².